The molecule has 1 rings (SSSR count). The van der Waals surface area contributed by atoms with Crippen LogP contribution in [0.3, 0.4) is 0 Å². The van der Waals surface area contributed by atoms with Crippen molar-refractivity contribution in [1.82, 2.24) is 9.78 Å². The highest BCUT2D eigenvalue weighted by atomic mass is 35.5. The second-order valence-corrected chi connectivity index (χ2v) is 3.88. The quantitative estimate of drug-likeness (QED) is 0.545. The third kappa shape index (κ3) is 3.47. The number of rotatable bonds is 7. The van der Waals surface area contributed by atoms with Gasteiger partial charge in [-0.1, -0.05) is 0 Å². The number of alkyl halides is 1. The number of ether oxygens (including phenoxy) is 2. The number of halogens is 1. The van der Waals surface area contributed by atoms with Gasteiger partial charge in [0.05, 0.1) is 37.9 Å². The molecule has 5 heteroatoms. The van der Waals surface area contributed by atoms with Crippen LogP contribution in [0.25, 0.3) is 0 Å². The summed E-state index contributed by atoms with van der Waals surface area (Å²) in [6.45, 7) is 6.67. The first kappa shape index (κ1) is 13.5. The van der Waals surface area contributed by atoms with Gasteiger partial charge in [0.1, 0.15) is 0 Å². The van der Waals surface area contributed by atoms with Gasteiger partial charge in [0.15, 0.2) is 0 Å². The molecule has 0 saturated heterocycles. The molecule has 0 unspecified atom stereocenters. The zero-order valence-corrected chi connectivity index (χ0v) is 10.9. The van der Waals surface area contributed by atoms with E-state index in [-0.39, 0.29) is 0 Å². The molecule has 0 saturated carbocycles. The SMILES string of the molecule is COCCOCCn1nc(C)c(CCl)c1C. The van der Waals surface area contributed by atoms with Gasteiger partial charge in [0, 0.05) is 18.4 Å². The van der Waals surface area contributed by atoms with Crippen LogP contribution < -0.4 is 0 Å². The molecular weight excluding hydrogens is 228 g/mol. The molecule has 0 aliphatic rings. The molecule has 1 aromatic rings. The molecule has 0 spiro atoms. The molecule has 4 nitrogen and oxygen atoms in total. The highest BCUT2D eigenvalue weighted by Crippen LogP contribution is 2.14. The van der Waals surface area contributed by atoms with E-state index in [2.05, 4.69) is 5.10 Å². The summed E-state index contributed by atoms with van der Waals surface area (Å²) < 4.78 is 12.2. The van der Waals surface area contributed by atoms with E-state index < -0.39 is 0 Å². The second-order valence-electron chi connectivity index (χ2n) is 3.61. The van der Waals surface area contributed by atoms with Gasteiger partial charge >= 0.3 is 0 Å². The molecule has 0 atom stereocenters. The summed E-state index contributed by atoms with van der Waals surface area (Å²) in [6, 6.07) is 0. The van der Waals surface area contributed by atoms with E-state index in [1.807, 2.05) is 18.5 Å². The van der Waals surface area contributed by atoms with Gasteiger partial charge in [-0.05, 0) is 13.8 Å². The maximum atomic E-state index is 5.85. The minimum Gasteiger partial charge on any atom is -0.382 e. The van der Waals surface area contributed by atoms with Gasteiger partial charge in [-0.25, -0.2) is 0 Å². The molecule has 16 heavy (non-hydrogen) atoms. The third-order valence-electron chi connectivity index (χ3n) is 2.54. The van der Waals surface area contributed by atoms with Crippen molar-refractivity contribution in [1.29, 1.82) is 0 Å². The number of hydrogen-bond acceptors (Lipinski definition) is 3. The Balaban J connectivity index is 2.42. The van der Waals surface area contributed by atoms with Crippen LogP contribution in [0.15, 0.2) is 0 Å². The van der Waals surface area contributed by atoms with Gasteiger partial charge in [0.25, 0.3) is 0 Å². The van der Waals surface area contributed by atoms with Crippen LogP contribution in [-0.2, 0) is 21.9 Å². The van der Waals surface area contributed by atoms with Crippen LogP contribution in [0.1, 0.15) is 17.0 Å². The van der Waals surface area contributed by atoms with Crippen molar-refractivity contribution in [2.24, 2.45) is 0 Å². The Morgan fingerprint density at radius 1 is 1.25 bits per heavy atom. The summed E-state index contributed by atoms with van der Waals surface area (Å²) >= 11 is 5.85. The van der Waals surface area contributed by atoms with Gasteiger partial charge in [0.2, 0.25) is 0 Å². The van der Waals surface area contributed by atoms with E-state index in [4.69, 9.17) is 21.1 Å². The minimum atomic E-state index is 0.516. The fraction of sp³-hybridized carbons (Fsp3) is 0.727. The van der Waals surface area contributed by atoms with E-state index in [0.717, 1.165) is 23.5 Å². The smallest absolute Gasteiger partial charge is 0.0701 e. The highest BCUT2D eigenvalue weighted by Gasteiger charge is 2.09. The number of nitrogens with zero attached hydrogens (tertiary/aromatic N) is 2. The van der Waals surface area contributed by atoms with Crippen molar-refractivity contribution in [3.8, 4) is 0 Å². The molecule has 0 fully saturated rings. The lowest BCUT2D eigenvalue weighted by Gasteiger charge is -2.06. The molecule has 0 N–H and O–H groups in total. The maximum Gasteiger partial charge on any atom is 0.0701 e. The minimum absolute atomic E-state index is 0.516. The van der Waals surface area contributed by atoms with Crippen LogP contribution >= 0.6 is 11.6 Å². The molecule has 0 aliphatic heterocycles. The van der Waals surface area contributed by atoms with Crippen LogP contribution in [-0.4, -0.2) is 36.7 Å². The molecule has 1 aromatic heterocycles. The first-order valence-electron chi connectivity index (χ1n) is 5.36. The summed E-state index contributed by atoms with van der Waals surface area (Å²) in [5, 5.41) is 4.42. The van der Waals surface area contributed by atoms with Gasteiger partial charge in [-0.2, -0.15) is 5.10 Å². The first-order valence-corrected chi connectivity index (χ1v) is 5.89. The Morgan fingerprint density at radius 2 is 2.00 bits per heavy atom. The third-order valence-corrected chi connectivity index (χ3v) is 2.81. The average Bonchev–Trinajstić information content (AvgIpc) is 2.53. The van der Waals surface area contributed by atoms with Crippen molar-refractivity contribution < 1.29 is 9.47 Å². The van der Waals surface area contributed by atoms with E-state index in [0.29, 0.717) is 25.7 Å². The monoisotopic (exact) mass is 246 g/mol. The molecule has 0 radical (unpaired) electrons. The molecule has 1 heterocycles. The van der Waals surface area contributed by atoms with E-state index in [1.54, 1.807) is 7.11 Å². The predicted molar refractivity (Wildman–Crippen MR) is 64.0 cm³/mol. The second kappa shape index (κ2) is 6.89. The van der Waals surface area contributed by atoms with Crippen molar-refractivity contribution in [3.63, 3.8) is 0 Å². The van der Waals surface area contributed by atoms with Crippen molar-refractivity contribution in [2.45, 2.75) is 26.3 Å². The van der Waals surface area contributed by atoms with E-state index >= 15 is 0 Å². The normalized spacial score (nSPS) is 11.0. The summed E-state index contributed by atoms with van der Waals surface area (Å²) in [5.74, 6) is 0.516. The first-order chi connectivity index (χ1) is 7.70. The van der Waals surface area contributed by atoms with Gasteiger partial charge in [-0.15, -0.1) is 11.6 Å². The number of methoxy groups -OCH3 is 1. The fourth-order valence-electron chi connectivity index (χ4n) is 1.54. The molecule has 92 valence electrons. The lowest BCUT2D eigenvalue weighted by Crippen LogP contribution is -2.11. The van der Waals surface area contributed by atoms with Crippen molar-refractivity contribution in [3.05, 3.63) is 17.0 Å². The number of aromatic nitrogens is 2. The molecular formula is C11H19ClN2O2. The zero-order valence-electron chi connectivity index (χ0n) is 10.1. The standard InChI is InChI=1S/C11H19ClN2O2/c1-9-11(8-12)10(2)14(13-9)4-5-16-7-6-15-3/h4-8H2,1-3H3. The lowest BCUT2D eigenvalue weighted by molar-refractivity contribution is 0.0651. The number of aryl methyl sites for hydroxylation is 1. The summed E-state index contributed by atoms with van der Waals surface area (Å²) in [5.41, 5.74) is 3.26. The summed E-state index contributed by atoms with van der Waals surface area (Å²) in [6.07, 6.45) is 0. The van der Waals surface area contributed by atoms with Crippen LogP contribution in [0.4, 0.5) is 0 Å². The molecule has 0 bridgehead atoms. The Bertz CT molecular complexity index is 326. The number of hydrogen-bond donors (Lipinski definition) is 0. The summed E-state index contributed by atoms with van der Waals surface area (Å²) in [4.78, 5) is 0. The summed E-state index contributed by atoms with van der Waals surface area (Å²) in [7, 11) is 1.66. The maximum absolute atomic E-state index is 5.85. The van der Waals surface area contributed by atoms with E-state index in [9.17, 15) is 0 Å². The Kier molecular flexibility index (Phi) is 5.80. The van der Waals surface area contributed by atoms with Crippen LogP contribution in [0.2, 0.25) is 0 Å². The lowest BCUT2D eigenvalue weighted by atomic mass is 10.2. The molecule has 0 amide bonds. The zero-order chi connectivity index (χ0) is 12.0. The predicted octanol–water partition coefficient (Wildman–Crippen LogP) is 1.90. The molecule has 0 aromatic carbocycles. The Hall–Kier alpha value is -0.580. The van der Waals surface area contributed by atoms with E-state index in [1.165, 1.54) is 0 Å². The Labute approximate surface area is 101 Å². The van der Waals surface area contributed by atoms with Crippen LogP contribution in [0.5, 0.6) is 0 Å². The van der Waals surface area contributed by atoms with Crippen molar-refractivity contribution in [2.75, 3.05) is 26.9 Å². The largest absolute Gasteiger partial charge is 0.382 e. The topological polar surface area (TPSA) is 36.3 Å². The molecule has 0 aliphatic carbocycles. The Morgan fingerprint density at radius 3 is 2.56 bits per heavy atom. The van der Waals surface area contributed by atoms with Gasteiger partial charge in [-0.3, -0.25) is 4.68 Å². The van der Waals surface area contributed by atoms with Crippen LogP contribution in [0, 0.1) is 13.8 Å². The van der Waals surface area contributed by atoms with Crippen molar-refractivity contribution >= 4 is 11.6 Å². The average molecular weight is 247 g/mol. The highest BCUT2D eigenvalue weighted by molar-refractivity contribution is 6.17. The fourth-order valence-corrected chi connectivity index (χ4v) is 1.93. The van der Waals surface area contributed by atoms with Gasteiger partial charge < -0.3 is 9.47 Å².